The van der Waals surface area contributed by atoms with Gasteiger partial charge in [0.2, 0.25) is 0 Å². The zero-order valence-corrected chi connectivity index (χ0v) is 10.4. The summed E-state index contributed by atoms with van der Waals surface area (Å²) in [6.45, 7) is 2.07. The topological polar surface area (TPSA) is 49.8 Å². The van der Waals surface area contributed by atoms with E-state index in [2.05, 4.69) is 4.74 Å². The lowest BCUT2D eigenvalue weighted by atomic mass is 9.87. The van der Waals surface area contributed by atoms with E-state index in [-0.39, 0.29) is 17.8 Å². The first-order valence-corrected chi connectivity index (χ1v) is 5.80. The van der Waals surface area contributed by atoms with Crippen LogP contribution in [-0.4, -0.2) is 55.0 Å². The van der Waals surface area contributed by atoms with Crippen molar-refractivity contribution in [1.29, 1.82) is 0 Å². The summed E-state index contributed by atoms with van der Waals surface area (Å²) in [5.74, 6) is -0.667. The Balaban J connectivity index is 2.49. The molecule has 0 radical (unpaired) electrons. The zero-order valence-electron chi connectivity index (χ0n) is 10.4. The summed E-state index contributed by atoms with van der Waals surface area (Å²) in [5.41, 5.74) is 0. The van der Waals surface area contributed by atoms with Crippen LogP contribution < -0.4 is 0 Å². The lowest BCUT2D eigenvalue weighted by Crippen LogP contribution is -2.48. The van der Waals surface area contributed by atoms with Crippen molar-refractivity contribution in [2.24, 2.45) is 11.8 Å². The van der Waals surface area contributed by atoms with Gasteiger partial charge < -0.3 is 14.7 Å². The number of carbonyl (C=O) groups is 1. The van der Waals surface area contributed by atoms with E-state index >= 15 is 0 Å². The minimum absolute atomic E-state index is 0.0772. The number of likely N-dealkylation sites (tertiary alicyclic amines) is 1. The lowest BCUT2D eigenvalue weighted by Gasteiger charge is -2.36. The molecular formula is C11H18F3NO3. The maximum Gasteiger partial charge on any atom is 0.415 e. The van der Waals surface area contributed by atoms with Crippen molar-refractivity contribution in [1.82, 2.24) is 4.90 Å². The number of hydrogen-bond donors (Lipinski definition) is 1. The van der Waals surface area contributed by atoms with Gasteiger partial charge in [0.1, 0.15) is 0 Å². The van der Waals surface area contributed by atoms with E-state index in [0.717, 1.165) is 0 Å². The first kappa shape index (κ1) is 15.2. The van der Waals surface area contributed by atoms with Gasteiger partial charge in [0.05, 0.1) is 13.0 Å². The van der Waals surface area contributed by atoms with E-state index < -0.39 is 18.8 Å². The SMILES string of the molecule is COC(=O)[C@@H]1CCN(C[C@H](O)C(F)(F)F)C[C@H]1C. The number of piperidine rings is 1. The maximum absolute atomic E-state index is 12.2. The third-order valence-electron chi connectivity index (χ3n) is 3.30. The van der Waals surface area contributed by atoms with Crippen molar-refractivity contribution in [3.63, 3.8) is 0 Å². The van der Waals surface area contributed by atoms with E-state index in [0.29, 0.717) is 19.5 Å². The molecule has 0 spiro atoms. The minimum atomic E-state index is -4.59. The van der Waals surface area contributed by atoms with Gasteiger partial charge in [-0.15, -0.1) is 0 Å². The molecule has 4 nitrogen and oxygen atoms in total. The third-order valence-corrected chi connectivity index (χ3v) is 3.30. The number of β-amino-alcohol motifs (C(OH)–C–C–N with tert-alkyl or cyclic N) is 1. The van der Waals surface area contributed by atoms with Crippen LogP contribution in [0.3, 0.4) is 0 Å². The fourth-order valence-corrected chi connectivity index (χ4v) is 2.25. The van der Waals surface area contributed by atoms with Crippen LogP contribution in [0.15, 0.2) is 0 Å². The lowest BCUT2D eigenvalue weighted by molar-refractivity contribution is -0.209. The van der Waals surface area contributed by atoms with Gasteiger partial charge in [-0.3, -0.25) is 4.79 Å². The molecule has 0 aromatic carbocycles. The average Bonchev–Trinajstić information content (AvgIpc) is 2.27. The Kier molecular flexibility index (Phi) is 4.98. The van der Waals surface area contributed by atoms with Gasteiger partial charge in [0, 0.05) is 13.1 Å². The molecule has 0 amide bonds. The fraction of sp³-hybridized carbons (Fsp3) is 0.909. The highest BCUT2D eigenvalue weighted by Crippen LogP contribution is 2.26. The molecular weight excluding hydrogens is 251 g/mol. The van der Waals surface area contributed by atoms with Crippen LogP contribution in [-0.2, 0) is 9.53 Å². The highest BCUT2D eigenvalue weighted by atomic mass is 19.4. The van der Waals surface area contributed by atoms with Crippen molar-refractivity contribution >= 4 is 5.97 Å². The Morgan fingerprint density at radius 2 is 2.17 bits per heavy atom. The molecule has 1 aliphatic rings. The monoisotopic (exact) mass is 269 g/mol. The largest absolute Gasteiger partial charge is 0.469 e. The van der Waals surface area contributed by atoms with Crippen molar-refractivity contribution < 1.29 is 27.8 Å². The highest BCUT2D eigenvalue weighted by Gasteiger charge is 2.41. The van der Waals surface area contributed by atoms with Crippen LogP contribution in [0.4, 0.5) is 13.2 Å². The number of rotatable bonds is 3. The molecule has 0 unspecified atom stereocenters. The number of aliphatic hydroxyl groups is 1. The molecule has 0 aromatic rings. The summed E-state index contributed by atoms with van der Waals surface area (Å²) in [4.78, 5) is 12.9. The van der Waals surface area contributed by atoms with Gasteiger partial charge in [-0.2, -0.15) is 13.2 Å². The first-order valence-electron chi connectivity index (χ1n) is 5.80. The van der Waals surface area contributed by atoms with Gasteiger partial charge in [0.25, 0.3) is 0 Å². The van der Waals surface area contributed by atoms with Crippen LogP contribution in [0.2, 0.25) is 0 Å². The number of aliphatic hydroxyl groups excluding tert-OH is 1. The number of alkyl halides is 3. The number of methoxy groups -OCH3 is 1. The number of ether oxygens (including phenoxy) is 1. The molecule has 1 N–H and O–H groups in total. The van der Waals surface area contributed by atoms with Crippen molar-refractivity contribution in [2.45, 2.75) is 25.6 Å². The Morgan fingerprint density at radius 1 is 1.56 bits per heavy atom. The second-order valence-electron chi connectivity index (χ2n) is 4.71. The van der Waals surface area contributed by atoms with E-state index in [1.807, 2.05) is 0 Å². The Labute approximate surface area is 104 Å². The average molecular weight is 269 g/mol. The number of halogens is 3. The number of hydrogen-bond acceptors (Lipinski definition) is 4. The van der Waals surface area contributed by atoms with Crippen LogP contribution in [0.25, 0.3) is 0 Å². The quantitative estimate of drug-likeness (QED) is 0.778. The predicted octanol–water partition coefficient (Wildman–Crippen LogP) is 1.04. The van der Waals surface area contributed by atoms with Gasteiger partial charge in [-0.25, -0.2) is 0 Å². The Hall–Kier alpha value is -0.820. The van der Waals surface area contributed by atoms with E-state index in [9.17, 15) is 18.0 Å². The minimum Gasteiger partial charge on any atom is -0.469 e. The van der Waals surface area contributed by atoms with E-state index in [1.165, 1.54) is 12.0 Å². The predicted molar refractivity (Wildman–Crippen MR) is 57.8 cm³/mol. The molecule has 1 heterocycles. The molecule has 7 heteroatoms. The molecule has 3 atom stereocenters. The molecule has 1 rings (SSSR count). The maximum atomic E-state index is 12.2. The number of esters is 1. The second kappa shape index (κ2) is 5.88. The molecule has 0 aromatic heterocycles. The van der Waals surface area contributed by atoms with Gasteiger partial charge in [-0.05, 0) is 18.9 Å². The first-order chi connectivity index (χ1) is 8.25. The zero-order chi connectivity index (χ0) is 13.9. The summed E-state index contributed by atoms with van der Waals surface area (Å²) < 4.78 is 41.3. The van der Waals surface area contributed by atoms with E-state index in [4.69, 9.17) is 5.11 Å². The summed E-state index contributed by atoms with van der Waals surface area (Å²) in [7, 11) is 1.30. The van der Waals surface area contributed by atoms with Crippen LogP contribution in [0, 0.1) is 11.8 Å². The van der Waals surface area contributed by atoms with Gasteiger partial charge in [0.15, 0.2) is 6.10 Å². The third kappa shape index (κ3) is 3.84. The molecule has 1 fully saturated rings. The summed E-state index contributed by atoms with van der Waals surface area (Å²) in [5, 5.41) is 8.99. The van der Waals surface area contributed by atoms with Crippen LogP contribution >= 0.6 is 0 Å². The second-order valence-corrected chi connectivity index (χ2v) is 4.71. The smallest absolute Gasteiger partial charge is 0.415 e. The summed E-state index contributed by atoms with van der Waals surface area (Å²) >= 11 is 0. The van der Waals surface area contributed by atoms with Crippen molar-refractivity contribution in [2.75, 3.05) is 26.7 Å². The molecule has 106 valence electrons. The standard InChI is InChI=1S/C11H18F3NO3/c1-7-5-15(6-9(16)11(12,13)14)4-3-8(7)10(17)18-2/h7-9,16H,3-6H2,1-2H3/t7-,8-,9+/m1/s1. The molecule has 0 bridgehead atoms. The highest BCUT2D eigenvalue weighted by molar-refractivity contribution is 5.72. The molecule has 1 saturated heterocycles. The molecule has 18 heavy (non-hydrogen) atoms. The summed E-state index contributed by atoms with van der Waals surface area (Å²) in [6, 6.07) is 0. The Morgan fingerprint density at radius 3 is 2.61 bits per heavy atom. The van der Waals surface area contributed by atoms with Crippen molar-refractivity contribution in [3.8, 4) is 0 Å². The van der Waals surface area contributed by atoms with Crippen LogP contribution in [0.5, 0.6) is 0 Å². The number of carbonyl (C=O) groups excluding carboxylic acids is 1. The fourth-order valence-electron chi connectivity index (χ4n) is 2.25. The Bertz CT molecular complexity index is 296. The van der Waals surface area contributed by atoms with Gasteiger partial charge >= 0.3 is 12.1 Å². The number of nitrogens with zero attached hydrogens (tertiary/aromatic N) is 1. The molecule has 0 saturated carbocycles. The molecule has 0 aliphatic carbocycles. The van der Waals surface area contributed by atoms with Crippen LogP contribution in [0.1, 0.15) is 13.3 Å². The summed E-state index contributed by atoms with van der Waals surface area (Å²) in [6.07, 6.45) is -6.47. The normalized spacial score (nSPS) is 27.9. The molecule has 1 aliphatic heterocycles. The van der Waals surface area contributed by atoms with Gasteiger partial charge in [-0.1, -0.05) is 6.92 Å². The van der Waals surface area contributed by atoms with E-state index in [1.54, 1.807) is 6.92 Å². The van der Waals surface area contributed by atoms with Crippen molar-refractivity contribution in [3.05, 3.63) is 0 Å².